The second kappa shape index (κ2) is 5.84. The van der Waals surface area contributed by atoms with Crippen LogP contribution in [0.5, 0.6) is 0 Å². The number of aryl methyl sites for hydroxylation is 1. The zero-order valence-electron chi connectivity index (χ0n) is 10.0. The lowest BCUT2D eigenvalue weighted by Gasteiger charge is -2.12. The van der Waals surface area contributed by atoms with Crippen LogP contribution in [0.1, 0.15) is 48.5 Å². The minimum Gasteiger partial charge on any atom is -0.375 e. The molecule has 1 amide bonds. The van der Waals surface area contributed by atoms with E-state index >= 15 is 0 Å². The van der Waals surface area contributed by atoms with Gasteiger partial charge in [0.1, 0.15) is 4.88 Å². The molecular formula is C11H19N3OS. The van der Waals surface area contributed by atoms with Crippen molar-refractivity contribution in [2.75, 3.05) is 5.73 Å². The molecule has 1 aromatic heterocycles. The van der Waals surface area contributed by atoms with Crippen molar-refractivity contribution in [3.05, 3.63) is 10.6 Å². The molecule has 1 atom stereocenters. The van der Waals surface area contributed by atoms with Crippen LogP contribution in [-0.2, 0) is 0 Å². The summed E-state index contributed by atoms with van der Waals surface area (Å²) in [4.78, 5) is 16.5. The van der Waals surface area contributed by atoms with Crippen LogP contribution in [-0.4, -0.2) is 16.9 Å². The van der Waals surface area contributed by atoms with Crippen molar-refractivity contribution >= 4 is 22.4 Å². The van der Waals surface area contributed by atoms with Gasteiger partial charge in [0.2, 0.25) is 0 Å². The smallest absolute Gasteiger partial charge is 0.263 e. The molecule has 0 radical (unpaired) electrons. The zero-order valence-corrected chi connectivity index (χ0v) is 10.9. The van der Waals surface area contributed by atoms with E-state index < -0.39 is 0 Å². The third-order valence-corrected chi connectivity index (χ3v) is 3.37. The van der Waals surface area contributed by atoms with Crippen molar-refractivity contribution < 1.29 is 4.79 Å². The fraction of sp³-hybridized carbons (Fsp3) is 0.636. The van der Waals surface area contributed by atoms with Crippen molar-refractivity contribution in [2.24, 2.45) is 0 Å². The fourth-order valence-electron chi connectivity index (χ4n) is 1.50. The van der Waals surface area contributed by atoms with Crippen LogP contribution in [0, 0.1) is 6.92 Å². The molecule has 16 heavy (non-hydrogen) atoms. The van der Waals surface area contributed by atoms with Gasteiger partial charge in [-0.3, -0.25) is 4.79 Å². The Kier molecular flexibility index (Phi) is 4.73. The van der Waals surface area contributed by atoms with Gasteiger partial charge in [0, 0.05) is 6.04 Å². The molecule has 0 spiro atoms. The number of thiazole rings is 1. The summed E-state index contributed by atoms with van der Waals surface area (Å²) in [5.74, 6) is -0.0599. The molecule has 0 aliphatic rings. The fourth-order valence-corrected chi connectivity index (χ4v) is 2.24. The van der Waals surface area contributed by atoms with Gasteiger partial charge in [-0.25, -0.2) is 4.98 Å². The molecule has 0 aliphatic carbocycles. The Labute approximate surface area is 100 Å². The number of hydrogen-bond acceptors (Lipinski definition) is 4. The van der Waals surface area contributed by atoms with Gasteiger partial charge in [0.05, 0.1) is 5.69 Å². The van der Waals surface area contributed by atoms with E-state index in [1.807, 2.05) is 6.92 Å². The van der Waals surface area contributed by atoms with Crippen molar-refractivity contribution in [2.45, 2.75) is 46.1 Å². The number of amides is 1. The first-order valence-electron chi connectivity index (χ1n) is 5.58. The first-order valence-corrected chi connectivity index (χ1v) is 6.40. The van der Waals surface area contributed by atoms with Crippen LogP contribution in [0.2, 0.25) is 0 Å². The summed E-state index contributed by atoms with van der Waals surface area (Å²) in [6.45, 7) is 5.97. The Balaban J connectivity index is 2.55. The topological polar surface area (TPSA) is 68.0 Å². The maximum Gasteiger partial charge on any atom is 0.263 e. The SMILES string of the molecule is CCCCC(C)NC(=O)c1sc(N)nc1C. The largest absolute Gasteiger partial charge is 0.375 e. The Hall–Kier alpha value is -1.10. The number of nitrogens with zero attached hydrogens (tertiary/aromatic N) is 1. The van der Waals surface area contributed by atoms with Crippen molar-refractivity contribution in [3.63, 3.8) is 0 Å². The summed E-state index contributed by atoms with van der Waals surface area (Å²) in [7, 11) is 0. The molecule has 4 nitrogen and oxygen atoms in total. The van der Waals surface area contributed by atoms with Gasteiger partial charge in [0.25, 0.3) is 5.91 Å². The lowest BCUT2D eigenvalue weighted by molar-refractivity contribution is 0.0941. The first-order chi connectivity index (χ1) is 7.54. The first kappa shape index (κ1) is 13.0. The Morgan fingerprint density at radius 2 is 2.31 bits per heavy atom. The number of unbranched alkanes of at least 4 members (excludes halogenated alkanes) is 1. The Morgan fingerprint density at radius 3 is 2.81 bits per heavy atom. The molecule has 3 N–H and O–H groups in total. The third-order valence-electron chi connectivity index (χ3n) is 2.39. The number of anilines is 1. The average molecular weight is 241 g/mol. The summed E-state index contributed by atoms with van der Waals surface area (Å²) in [5.41, 5.74) is 6.27. The molecule has 0 aromatic carbocycles. The highest BCUT2D eigenvalue weighted by atomic mass is 32.1. The molecule has 0 saturated heterocycles. The summed E-state index contributed by atoms with van der Waals surface area (Å²) >= 11 is 1.24. The number of carbonyl (C=O) groups is 1. The van der Waals surface area contributed by atoms with Gasteiger partial charge in [0.15, 0.2) is 5.13 Å². The van der Waals surface area contributed by atoms with Gasteiger partial charge in [-0.1, -0.05) is 31.1 Å². The van der Waals surface area contributed by atoms with E-state index in [2.05, 4.69) is 17.2 Å². The molecule has 1 unspecified atom stereocenters. The second-order valence-electron chi connectivity index (χ2n) is 3.98. The molecule has 5 heteroatoms. The normalized spacial score (nSPS) is 12.4. The molecular weight excluding hydrogens is 222 g/mol. The maximum absolute atomic E-state index is 11.9. The van der Waals surface area contributed by atoms with Crippen LogP contribution < -0.4 is 11.1 Å². The summed E-state index contributed by atoms with van der Waals surface area (Å²) in [6, 6.07) is 0.204. The highest BCUT2D eigenvalue weighted by Gasteiger charge is 2.15. The van der Waals surface area contributed by atoms with Crippen LogP contribution in [0.15, 0.2) is 0 Å². The van der Waals surface area contributed by atoms with Crippen LogP contribution in [0.3, 0.4) is 0 Å². The number of nitrogen functional groups attached to an aromatic ring is 1. The van der Waals surface area contributed by atoms with Crippen LogP contribution >= 0.6 is 11.3 Å². The highest BCUT2D eigenvalue weighted by molar-refractivity contribution is 7.17. The Morgan fingerprint density at radius 1 is 1.62 bits per heavy atom. The number of rotatable bonds is 5. The highest BCUT2D eigenvalue weighted by Crippen LogP contribution is 2.19. The molecule has 0 fully saturated rings. The quantitative estimate of drug-likeness (QED) is 0.831. The monoisotopic (exact) mass is 241 g/mol. The number of carbonyl (C=O) groups excluding carboxylic acids is 1. The Bertz CT molecular complexity index is 362. The van der Waals surface area contributed by atoms with Crippen LogP contribution in [0.4, 0.5) is 5.13 Å². The van der Waals surface area contributed by atoms with E-state index in [0.29, 0.717) is 15.7 Å². The number of nitrogens with two attached hydrogens (primary N) is 1. The van der Waals surface area contributed by atoms with Gasteiger partial charge in [-0.2, -0.15) is 0 Å². The van der Waals surface area contributed by atoms with E-state index in [0.717, 1.165) is 19.3 Å². The molecule has 1 aromatic rings. The van der Waals surface area contributed by atoms with E-state index in [1.165, 1.54) is 11.3 Å². The lowest BCUT2D eigenvalue weighted by Crippen LogP contribution is -2.32. The average Bonchev–Trinajstić information content (AvgIpc) is 2.54. The van der Waals surface area contributed by atoms with Crippen molar-refractivity contribution in [1.82, 2.24) is 10.3 Å². The van der Waals surface area contributed by atoms with E-state index in [9.17, 15) is 4.79 Å². The minimum atomic E-state index is -0.0599. The zero-order chi connectivity index (χ0) is 12.1. The van der Waals surface area contributed by atoms with Gasteiger partial charge < -0.3 is 11.1 Å². The minimum absolute atomic E-state index is 0.0599. The molecule has 0 saturated carbocycles. The lowest BCUT2D eigenvalue weighted by atomic mass is 10.1. The molecule has 1 heterocycles. The number of hydrogen-bond donors (Lipinski definition) is 2. The maximum atomic E-state index is 11.9. The van der Waals surface area contributed by atoms with Crippen molar-refractivity contribution in [1.29, 1.82) is 0 Å². The van der Waals surface area contributed by atoms with Gasteiger partial charge in [-0.15, -0.1) is 0 Å². The molecule has 90 valence electrons. The number of aromatic nitrogens is 1. The van der Waals surface area contributed by atoms with Crippen LogP contribution in [0.25, 0.3) is 0 Å². The molecule has 1 rings (SSSR count). The van der Waals surface area contributed by atoms with Gasteiger partial charge >= 0.3 is 0 Å². The number of nitrogens with one attached hydrogen (secondary N) is 1. The molecule has 0 aliphatic heterocycles. The predicted octanol–water partition coefficient (Wildman–Crippen LogP) is 2.34. The predicted molar refractivity (Wildman–Crippen MR) is 67.7 cm³/mol. The standard InChI is InChI=1S/C11H19N3OS/c1-4-5-6-7(2)13-10(15)9-8(3)14-11(12)16-9/h7H,4-6H2,1-3H3,(H2,12,14)(H,13,15). The summed E-state index contributed by atoms with van der Waals surface area (Å²) in [6.07, 6.45) is 3.29. The van der Waals surface area contributed by atoms with Crippen molar-refractivity contribution in [3.8, 4) is 0 Å². The second-order valence-corrected chi connectivity index (χ2v) is 5.01. The summed E-state index contributed by atoms with van der Waals surface area (Å²) in [5, 5.41) is 3.41. The molecule has 0 bridgehead atoms. The third kappa shape index (κ3) is 3.48. The van der Waals surface area contributed by atoms with Gasteiger partial charge in [-0.05, 0) is 20.3 Å². The summed E-state index contributed by atoms with van der Waals surface area (Å²) < 4.78 is 0. The van der Waals surface area contributed by atoms with E-state index in [1.54, 1.807) is 6.92 Å². The van der Waals surface area contributed by atoms with E-state index in [4.69, 9.17) is 5.73 Å². The van der Waals surface area contributed by atoms with E-state index in [-0.39, 0.29) is 11.9 Å².